The summed E-state index contributed by atoms with van der Waals surface area (Å²) in [6.07, 6.45) is 2.26. The molecule has 1 aromatic heterocycles. The molecule has 1 atom stereocenters. The number of hydrogen-bond acceptors (Lipinski definition) is 2. The highest BCUT2D eigenvalue weighted by Crippen LogP contribution is 2.23. The summed E-state index contributed by atoms with van der Waals surface area (Å²) < 4.78 is 5.65. The van der Waals surface area contributed by atoms with E-state index >= 15 is 0 Å². The Labute approximate surface area is 120 Å². The Morgan fingerprint density at radius 2 is 2.26 bits per heavy atom. The molecule has 1 amide bonds. The van der Waals surface area contributed by atoms with E-state index in [1.807, 2.05) is 35.2 Å². The number of halogens is 1. The second-order valence-corrected chi connectivity index (χ2v) is 5.71. The first-order chi connectivity index (χ1) is 9.28. The van der Waals surface area contributed by atoms with Crippen molar-refractivity contribution in [1.82, 2.24) is 4.90 Å². The van der Waals surface area contributed by atoms with Gasteiger partial charge in [-0.1, -0.05) is 34.1 Å². The van der Waals surface area contributed by atoms with Crippen LogP contribution in [0.1, 0.15) is 23.4 Å². The first kappa shape index (κ1) is 12.7. The van der Waals surface area contributed by atoms with E-state index in [2.05, 4.69) is 15.9 Å². The molecular formula is C15H16BrNO2. The van der Waals surface area contributed by atoms with Crippen LogP contribution in [0.15, 0.2) is 34.7 Å². The summed E-state index contributed by atoms with van der Waals surface area (Å²) in [5, 5.41) is 1.94. The van der Waals surface area contributed by atoms with Crippen molar-refractivity contribution >= 4 is 32.8 Å². The zero-order valence-corrected chi connectivity index (χ0v) is 12.2. The van der Waals surface area contributed by atoms with Crippen molar-refractivity contribution in [3.8, 4) is 0 Å². The summed E-state index contributed by atoms with van der Waals surface area (Å²) in [6.45, 7) is 1.65. The van der Waals surface area contributed by atoms with E-state index in [1.54, 1.807) is 0 Å². The van der Waals surface area contributed by atoms with Gasteiger partial charge < -0.3 is 9.32 Å². The predicted octanol–water partition coefficient (Wildman–Crippen LogP) is 3.68. The van der Waals surface area contributed by atoms with Gasteiger partial charge in [0.15, 0.2) is 5.76 Å². The van der Waals surface area contributed by atoms with Gasteiger partial charge in [0, 0.05) is 23.8 Å². The van der Waals surface area contributed by atoms with E-state index in [-0.39, 0.29) is 5.91 Å². The van der Waals surface area contributed by atoms with Gasteiger partial charge in [0.2, 0.25) is 0 Å². The van der Waals surface area contributed by atoms with Crippen LogP contribution in [0, 0.1) is 5.92 Å². The molecule has 3 rings (SSSR count). The molecular weight excluding hydrogens is 306 g/mol. The van der Waals surface area contributed by atoms with Crippen LogP contribution in [0.5, 0.6) is 0 Å². The van der Waals surface area contributed by atoms with Crippen LogP contribution in [0.3, 0.4) is 0 Å². The Hall–Kier alpha value is -1.29. The molecule has 2 heterocycles. The quantitative estimate of drug-likeness (QED) is 0.790. The molecule has 2 aromatic rings. The Bertz CT molecular complexity index is 560. The number of para-hydroxylation sites is 1. The molecule has 0 aliphatic carbocycles. The second kappa shape index (κ2) is 5.37. The Morgan fingerprint density at radius 1 is 1.42 bits per heavy atom. The Balaban J connectivity index is 1.82. The first-order valence-corrected chi connectivity index (χ1v) is 7.74. The highest BCUT2D eigenvalue weighted by molar-refractivity contribution is 9.09. The highest BCUT2D eigenvalue weighted by Gasteiger charge is 2.25. The van der Waals surface area contributed by atoms with E-state index in [0.717, 1.165) is 35.8 Å². The maximum absolute atomic E-state index is 12.4. The molecule has 4 heteroatoms. The Kier molecular flexibility index (Phi) is 3.60. The fourth-order valence-electron chi connectivity index (χ4n) is 2.62. The van der Waals surface area contributed by atoms with Crippen LogP contribution in [0.25, 0.3) is 11.0 Å². The molecule has 0 spiro atoms. The number of carbonyl (C=O) groups excluding carboxylic acids is 1. The smallest absolute Gasteiger partial charge is 0.289 e. The molecule has 0 saturated carbocycles. The monoisotopic (exact) mass is 321 g/mol. The minimum Gasteiger partial charge on any atom is -0.451 e. The molecule has 0 radical (unpaired) electrons. The van der Waals surface area contributed by atoms with E-state index in [0.29, 0.717) is 11.7 Å². The standard InChI is InChI=1S/C15H16BrNO2/c16-9-11-4-3-7-17(10-11)15(18)14-8-12-5-1-2-6-13(12)19-14/h1-2,5-6,8,11H,3-4,7,9-10H2. The van der Waals surface area contributed by atoms with Gasteiger partial charge in [-0.3, -0.25) is 4.79 Å². The fourth-order valence-corrected chi connectivity index (χ4v) is 3.15. The minimum absolute atomic E-state index is 0.0156. The fraction of sp³-hybridized carbons (Fsp3) is 0.400. The van der Waals surface area contributed by atoms with Gasteiger partial charge >= 0.3 is 0 Å². The van der Waals surface area contributed by atoms with E-state index in [4.69, 9.17) is 4.42 Å². The summed E-state index contributed by atoms with van der Waals surface area (Å²) in [5.41, 5.74) is 0.778. The topological polar surface area (TPSA) is 33.5 Å². The van der Waals surface area contributed by atoms with Crippen molar-refractivity contribution in [2.75, 3.05) is 18.4 Å². The van der Waals surface area contributed by atoms with Gasteiger partial charge in [-0.05, 0) is 30.9 Å². The molecule has 100 valence electrons. The van der Waals surface area contributed by atoms with Crippen molar-refractivity contribution in [1.29, 1.82) is 0 Å². The van der Waals surface area contributed by atoms with Crippen molar-refractivity contribution in [2.24, 2.45) is 5.92 Å². The molecule has 0 N–H and O–H groups in total. The average Bonchev–Trinajstić information content (AvgIpc) is 2.90. The molecule has 1 saturated heterocycles. The van der Waals surface area contributed by atoms with Crippen molar-refractivity contribution < 1.29 is 9.21 Å². The SMILES string of the molecule is O=C(c1cc2ccccc2o1)N1CCCC(CBr)C1. The molecule has 0 bridgehead atoms. The zero-order valence-electron chi connectivity index (χ0n) is 10.6. The number of rotatable bonds is 2. The van der Waals surface area contributed by atoms with Crippen molar-refractivity contribution in [3.05, 3.63) is 36.1 Å². The lowest BCUT2D eigenvalue weighted by Gasteiger charge is -2.31. The van der Waals surface area contributed by atoms with Crippen LogP contribution in [-0.2, 0) is 0 Å². The lowest BCUT2D eigenvalue weighted by molar-refractivity contribution is 0.0656. The molecule has 1 aromatic carbocycles. The normalized spacial score (nSPS) is 19.8. The van der Waals surface area contributed by atoms with E-state index < -0.39 is 0 Å². The van der Waals surface area contributed by atoms with E-state index in [1.165, 1.54) is 6.42 Å². The van der Waals surface area contributed by atoms with Gasteiger partial charge in [0.25, 0.3) is 5.91 Å². The summed E-state index contributed by atoms with van der Waals surface area (Å²) in [6, 6.07) is 9.57. The second-order valence-electron chi connectivity index (χ2n) is 5.06. The highest BCUT2D eigenvalue weighted by atomic mass is 79.9. The van der Waals surface area contributed by atoms with Gasteiger partial charge in [-0.25, -0.2) is 0 Å². The van der Waals surface area contributed by atoms with Gasteiger partial charge in [-0.2, -0.15) is 0 Å². The van der Waals surface area contributed by atoms with Gasteiger partial charge in [-0.15, -0.1) is 0 Å². The average molecular weight is 322 g/mol. The zero-order chi connectivity index (χ0) is 13.2. The number of piperidine rings is 1. The number of nitrogens with zero attached hydrogens (tertiary/aromatic N) is 1. The van der Waals surface area contributed by atoms with Crippen molar-refractivity contribution in [3.63, 3.8) is 0 Å². The van der Waals surface area contributed by atoms with Crippen LogP contribution >= 0.6 is 15.9 Å². The molecule has 3 nitrogen and oxygen atoms in total. The number of likely N-dealkylation sites (tertiary alicyclic amines) is 1. The predicted molar refractivity (Wildman–Crippen MR) is 78.6 cm³/mol. The molecule has 1 aliphatic rings. The van der Waals surface area contributed by atoms with Crippen LogP contribution < -0.4 is 0 Å². The molecule has 1 fully saturated rings. The summed E-state index contributed by atoms with van der Waals surface area (Å²) >= 11 is 3.51. The number of amides is 1. The van der Waals surface area contributed by atoms with E-state index in [9.17, 15) is 4.79 Å². The third kappa shape index (κ3) is 2.54. The molecule has 1 unspecified atom stereocenters. The van der Waals surface area contributed by atoms with Gasteiger partial charge in [0.1, 0.15) is 5.58 Å². The maximum atomic E-state index is 12.4. The minimum atomic E-state index is 0.0156. The number of fused-ring (bicyclic) bond motifs is 1. The molecule has 19 heavy (non-hydrogen) atoms. The summed E-state index contributed by atoms with van der Waals surface area (Å²) in [7, 11) is 0. The Morgan fingerprint density at radius 3 is 3.05 bits per heavy atom. The number of benzene rings is 1. The lowest BCUT2D eigenvalue weighted by Crippen LogP contribution is -2.40. The van der Waals surface area contributed by atoms with Crippen LogP contribution in [0.2, 0.25) is 0 Å². The molecule has 1 aliphatic heterocycles. The number of furan rings is 1. The largest absolute Gasteiger partial charge is 0.451 e. The maximum Gasteiger partial charge on any atom is 0.289 e. The number of alkyl halides is 1. The third-order valence-corrected chi connectivity index (χ3v) is 4.58. The lowest BCUT2D eigenvalue weighted by atomic mass is 10.00. The van der Waals surface area contributed by atoms with Crippen molar-refractivity contribution in [2.45, 2.75) is 12.8 Å². The number of hydrogen-bond donors (Lipinski definition) is 0. The van der Waals surface area contributed by atoms with Gasteiger partial charge in [0.05, 0.1) is 0 Å². The van der Waals surface area contributed by atoms with Crippen LogP contribution in [0.4, 0.5) is 0 Å². The van der Waals surface area contributed by atoms with Crippen LogP contribution in [-0.4, -0.2) is 29.2 Å². The number of carbonyl (C=O) groups is 1. The first-order valence-electron chi connectivity index (χ1n) is 6.62. The summed E-state index contributed by atoms with van der Waals surface area (Å²) in [5.74, 6) is 1.03. The summed E-state index contributed by atoms with van der Waals surface area (Å²) in [4.78, 5) is 14.4. The third-order valence-electron chi connectivity index (χ3n) is 3.66.